The smallest absolute Gasteiger partial charge is 0.319 e. The highest BCUT2D eigenvalue weighted by atomic mass is 16.5. The van der Waals surface area contributed by atoms with Crippen molar-refractivity contribution < 1.29 is 14.3 Å². The van der Waals surface area contributed by atoms with Gasteiger partial charge in [-0.2, -0.15) is 0 Å². The van der Waals surface area contributed by atoms with Crippen LogP contribution in [-0.4, -0.2) is 49.6 Å². The number of carbonyl (C=O) groups excluding carboxylic acids is 2. The van der Waals surface area contributed by atoms with Gasteiger partial charge in [0, 0.05) is 19.0 Å². The van der Waals surface area contributed by atoms with Crippen LogP contribution in [0.5, 0.6) is 0 Å². The highest BCUT2D eigenvalue weighted by Gasteiger charge is 2.24. The van der Waals surface area contributed by atoms with Gasteiger partial charge in [-0.15, -0.1) is 0 Å². The number of amides is 1. The number of carbonyl (C=O) groups is 2. The molecule has 0 aromatic heterocycles. The molecular formula is C11H20N2O3. The topological polar surface area (TPSA) is 58.6 Å². The van der Waals surface area contributed by atoms with E-state index in [-0.39, 0.29) is 24.5 Å². The van der Waals surface area contributed by atoms with Crippen LogP contribution in [0.3, 0.4) is 0 Å². The molecule has 1 rings (SSSR count). The standard InChI is InChI=1S/C11H20N2O3/c1-3-13(8-11(15)16-2)9-5-4-6-12-10(14)7-9/h9H,3-8H2,1-2H3,(H,12,14). The van der Waals surface area contributed by atoms with Crippen LogP contribution in [0.2, 0.25) is 0 Å². The van der Waals surface area contributed by atoms with E-state index in [4.69, 9.17) is 0 Å². The van der Waals surface area contributed by atoms with Crippen molar-refractivity contribution in [2.45, 2.75) is 32.2 Å². The summed E-state index contributed by atoms with van der Waals surface area (Å²) in [4.78, 5) is 24.7. The van der Waals surface area contributed by atoms with Crippen molar-refractivity contribution in [2.75, 3.05) is 26.7 Å². The van der Waals surface area contributed by atoms with Crippen molar-refractivity contribution in [3.8, 4) is 0 Å². The van der Waals surface area contributed by atoms with E-state index in [1.807, 2.05) is 11.8 Å². The van der Waals surface area contributed by atoms with Gasteiger partial charge in [0.15, 0.2) is 0 Å². The molecule has 92 valence electrons. The normalized spacial score (nSPS) is 21.4. The summed E-state index contributed by atoms with van der Waals surface area (Å²) in [6.45, 7) is 3.76. The molecule has 1 fully saturated rings. The quantitative estimate of drug-likeness (QED) is 0.696. The predicted octanol–water partition coefficient (Wildman–Crippen LogP) is 0.150. The summed E-state index contributed by atoms with van der Waals surface area (Å²) >= 11 is 0. The van der Waals surface area contributed by atoms with E-state index in [1.54, 1.807) is 0 Å². The summed E-state index contributed by atoms with van der Waals surface area (Å²) < 4.78 is 4.65. The number of hydrogen-bond donors (Lipinski definition) is 1. The predicted molar refractivity (Wildman–Crippen MR) is 59.9 cm³/mol. The third kappa shape index (κ3) is 3.81. The number of nitrogens with zero attached hydrogens (tertiary/aromatic N) is 1. The Morgan fingerprint density at radius 3 is 3.00 bits per heavy atom. The van der Waals surface area contributed by atoms with E-state index in [2.05, 4.69) is 10.1 Å². The Morgan fingerprint density at radius 1 is 1.62 bits per heavy atom. The molecule has 1 aliphatic heterocycles. The minimum Gasteiger partial charge on any atom is -0.468 e. The lowest BCUT2D eigenvalue weighted by Gasteiger charge is -2.27. The highest BCUT2D eigenvalue weighted by molar-refractivity contribution is 5.77. The lowest BCUT2D eigenvalue weighted by Crippen LogP contribution is -2.40. The van der Waals surface area contributed by atoms with Gasteiger partial charge in [0.25, 0.3) is 0 Å². The Morgan fingerprint density at radius 2 is 2.38 bits per heavy atom. The van der Waals surface area contributed by atoms with Crippen molar-refractivity contribution in [1.29, 1.82) is 0 Å². The molecule has 0 aromatic rings. The molecule has 1 amide bonds. The Bertz CT molecular complexity index is 256. The molecule has 1 N–H and O–H groups in total. The molecule has 1 atom stereocenters. The molecule has 0 aliphatic carbocycles. The highest BCUT2D eigenvalue weighted by Crippen LogP contribution is 2.13. The van der Waals surface area contributed by atoms with E-state index < -0.39 is 0 Å². The van der Waals surface area contributed by atoms with Crippen LogP contribution in [0.1, 0.15) is 26.2 Å². The Hall–Kier alpha value is -1.10. The average molecular weight is 228 g/mol. The monoisotopic (exact) mass is 228 g/mol. The molecule has 5 nitrogen and oxygen atoms in total. The summed E-state index contributed by atoms with van der Waals surface area (Å²) in [5, 5.41) is 2.84. The second-order valence-corrected chi connectivity index (χ2v) is 3.99. The van der Waals surface area contributed by atoms with Gasteiger partial charge in [0.05, 0.1) is 13.7 Å². The Kier molecular flexibility index (Phi) is 5.25. The summed E-state index contributed by atoms with van der Waals surface area (Å²) in [5.41, 5.74) is 0. The number of ether oxygens (including phenoxy) is 1. The number of rotatable bonds is 4. The van der Waals surface area contributed by atoms with E-state index in [9.17, 15) is 9.59 Å². The molecule has 0 radical (unpaired) electrons. The van der Waals surface area contributed by atoms with E-state index >= 15 is 0 Å². The third-order valence-electron chi connectivity index (χ3n) is 2.94. The maximum Gasteiger partial charge on any atom is 0.319 e. The van der Waals surface area contributed by atoms with Gasteiger partial charge in [0.1, 0.15) is 0 Å². The van der Waals surface area contributed by atoms with Crippen molar-refractivity contribution in [1.82, 2.24) is 10.2 Å². The SMILES string of the molecule is CCN(CC(=O)OC)C1CCCNC(=O)C1. The molecule has 16 heavy (non-hydrogen) atoms. The average Bonchev–Trinajstić information content (AvgIpc) is 2.50. The number of likely N-dealkylation sites (N-methyl/N-ethyl adjacent to an activating group) is 1. The third-order valence-corrected chi connectivity index (χ3v) is 2.94. The van der Waals surface area contributed by atoms with Crippen molar-refractivity contribution in [3.63, 3.8) is 0 Å². The van der Waals surface area contributed by atoms with Crippen LogP contribution in [0, 0.1) is 0 Å². The van der Waals surface area contributed by atoms with Gasteiger partial charge >= 0.3 is 5.97 Å². The minimum absolute atomic E-state index is 0.0748. The molecule has 0 saturated carbocycles. The molecule has 0 aromatic carbocycles. The molecule has 1 heterocycles. The fraction of sp³-hybridized carbons (Fsp3) is 0.818. The van der Waals surface area contributed by atoms with Gasteiger partial charge in [-0.1, -0.05) is 6.92 Å². The van der Waals surface area contributed by atoms with Gasteiger partial charge in [-0.05, 0) is 19.4 Å². The molecule has 1 saturated heterocycles. The van der Waals surface area contributed by atoms with Gasteiger partial charge < -0.3 is 10.1 Å². The summed E-state index contributed by atoms with van der Waals surface area (Å²) in [6, 6.07) is 0.159. The second-order valence-electron chi connectivity index (χ2n) is 3.99. The first-order valence-electron chi connectivity index (χ1n) is 5.75. The van der Waals surface area contributed by atoms with Gasteiger partial charge in [-0.3, -0.25) is 14.5 Å². The van der Waals surface area contributed by atoms with Crippen molar-refractivity contribution in [3.05, 3.63) is 0 Å². The number of hydrogen-bond acceptors (Lipinski definition) is 4. The minimum atomic E-state index is -0.244. The molecule has 0 spiro atoms. The largest absolute Gasteiger partial charge is 0.468 e. The fourth-order valence-corrected chi connectivity index (χ4v) is 1.99. The molecule has 0 bridgehead atoms. The first kappa shape index (κ1) is 13.0. The number of methoxy groups -OCH3 is 1. The Labute approximate surface area is 96.1 Å². The first-order valence-corrected chi connectivity index (χ1v) is 5.75. The van der Waals surface area contributed by atoms with Gasteiger partial charge in [-0.25, -0.2) is 0 Å². The summed E-state index contributed by atoms with van der Waals surface area (Å²) in [6.07, 6.45) is 2.39. The zero-order chi connectivity index (χ0) is 12.0. The van der Waals surface area contributed by atoms with E-state index in [0.717, 1.165) is 25.9 Å². The molecular weight excluding hydrogens is 208 g/mol. The van der Waals surface area contributed by atoms with E-state index in [0.29, 0.717) is 6.42 Å². The first-order chi connectivity index (χ1) is 7.67. The number of esters is 1. The lowest BCUT2D eigenvalue weighted by molar-refractivity contribution is -0.143. The lowest BCUT2D eigenvalue weighted by atomic mass is 10.1. The van der Waals surface area contributed by atoms with Crippen LogP contribution in [0.25, 0.3) is 0 Å². The number of nitrogens with one attached hydrogen (secondary N) is 1. The maximum atomic E-state index is 11.4. The second kappa shape index (κ2) is 6.48. The fourth-order valence-electron chi connectivity index (χ4n) is 1.99. The molecule has 1 unspecified atom stereocenters. The molecule has 1 aliphatic rings. The van der Waals surface area contributed by atoms with Crippen LogP contribution in [0.4, 0.5) is 0 Å². The summed E-state index contributed by atoms with van der Waals surface area (Å²) in [7, 11) is 1.38. The van der Waals surface area contributed by atoms with Crippen molar-refractivity contribution in [2.24, 2.45) is 0 Å². The van der Waals surface area contributed by atoms with Gasteiger partial charge in [0.2, 0.25) is 5.91 Å². The summed E-state index contributed by atoms with van der Waals surface area (Å²) in [5.74, 6) is -0.169. The van der Waals surface area contributed by atoms with E-state index in [1.165, 1.54) is 7.11 Å². The van der Waals surface area contributed by atoms with Crippen LogP contribution >= 0.6 is 0 Å². The van der Waals surface area contributed by atoms with Crippen LogP contribution in [0.15, 0.2) is 0 Å². The zero-order valence-electron chi connectivity index (χ0n) is 9.99. The van der Waals surface area contributed by atoms with Crippen molar-refractivity contribution >= 4 is 11.9 Å². The van der Waals surface area contributed by atoms with Crippen LogP contribution in [-0.2, 0) is 14.3 Å². The maximum absolute atomic E-state index is 11.4. The molecule has 5 heteroatoms. The Balaban J connectivity index is 2.55. The van der Waals surface area contributed by atoms with Crippen LogP contribution < -0.4 is 5.32 Å². The zero-order valence-corrected chi connectivity index (χ0v) is 9.99.